The first-order chi connectivity index (χ1) is 40.1. The number of fused-ring (bicyclic) bond motifs is 8. The van der Waals surface area contributed by atoms with Crippen molar-refractivity contribution in [2.75, 3.05) is 72.4 Å². The van der Waals surface area contributed by atoms with Crippen molar-refractivity contribution in [1.29, 1.82) is 0 Å². The molecule has 5 heterocycles. The Hall–Kier alpha value is -8.79. The van der Waals surface area contributed by atoms with Gasteiger partial charge in [0.25, 0.3) is 11.8 Å². The van der Waals surface area contributed by atoms with E-state index in [4.69, 9.17) is 18.9 Å². The van der Waals surface area contributed by atoms with Crippen LogP contribution >= 0.6 is 11.8 Å². The van der Waals surface area contributed by atoms with Crippen LogP contribution in [0.4, 0.5) is 28.4 Å². The maximum atomic E-state index is 14.2. The van der Waals surface area contributed by atoms with Crippen LogP contribution in [0, 0.1) is 0 Å². The van der Waals surface area contributed by atoms with E-state index in [9.17, 15) is 38.4 Å². The van der Waals surface area contributed by atoms with Crippen molar-refractivity contribution in [3.05, 3.63) is 124 Å². The summed E-state index contributed by atoms with van der Waals surface area (Å²) in [4.78, 5) is 110. The molecule has 434 valence electrons. The molecule has 5 aliphatic heterocycles. The van der Waals surface area contributed by atoms with Crippen LogP contribution in [0.3, 0.4) is 0 Å². The lowest BCUT2D eigenvalue weighted by Crippen LogP contribution is -2.50. The predicted molar refractivity (Wildman–Crippen MR) is 314 cm³/mol. The number of rotatable bonds is 22. The van der Waals surface area contributed by atoms with Gasteiger partial charge >= 0.3 is 0 Å². The van der Waals surface area contributed by atoms with E-state index in [1.54, 1.807) is 42.7 Å². The van der Waals surface area contributed by atoms with Crippen molar-refractivity contribution >= 4 is 87.5 Å². The molecule has 22 heteroatoms. The van der Waals surface area contributed by atoms with Crippen molar-refractivity contribution in [3.63, 3.8) is 0 Å². The summed E-state index contributed by atoms with van der Waals surface area (Å²) in [5.74, 6) is -1.20. The number of unbranched alkanes of at least 4 members (excludes halogenated alkanes) is 1. The highest BCUT2D eigenvalue weighted by Gasteiger charge is 2.40. The largest absolute Gasteiger partial charge is 0.493 e. The number of nitrogens with zero attached hydrogens (tertiary/aromatic N) is 3. The minimum absolute atomic E-state index is 0.0161. The molecule has 5 aromatic carbocycles. The number of thioether (sulfide) groups is 1. The number of carbonyl (C=O) groups excluding carboxylic acids is 8. The van der Waals surface area contributed by atoms with E-state index in [-0.39, 0.29) is 92.4 Å². The number of hydrogen-bond donors (Lipinski definition) is 6. The van der Waals surface area contributed by atoms with Gasteiger partial charge in [-0.05, 0) is 111 Å². The van der Waals surface area contributed by atoms with E-state index < -0.39 is 29.8 Å². The molecule has 1 fully saturated rings. The van der Waals surface area contributed by atoms with E-state index in [2.05, 4.69) is 31.9 Å². The van der Waals surface area contributed by atoms with E-state index in [0.29, 0.717) is 88.2 Å². The monoisotopic (exact) mass is 1150 g/mol. The maximum Gasteiger partial charge on any atom is 0.260 e. The fourth-order valence-corrected chi connectivity index (χ4v) is 11.9. The van der Waals surface area contributed by atoms with Crippen LogP contribution < -0.4 is 60.6 Å². The lowest BCUT2D eigenvalue weighted by molar-refractivity contribution is -0.138. The highest BCUT2D eigenvalue weighted by molar-refractivity contribution is 8.00. The minimum Gasteiger partial charge on any atom is -0.493 e. The molecule has 0 bridgehead atoms. The van der Waals surface area contributed by atoms with Gasteiger partial charge in [0.05, 0.1) is 54.1 Å². The number of nitrogens with one attached hydrogen (secondary N) is 6. The topological polar surface area (TPSA) is 255 Å². The second kappa shape index (κ2) is 25.1. The summed E-state index contributed by atoms with van der Waals surface area (Å²) in [6.45, 7) is 4.27. The fraction of sp³-hybridized carbons (Fsp3) is 0.377. The van der Waals surface area contributed by atoms with Crippen LogP contribution in [0.15, 0.2) is 91.0 Å². The molecule has 8 amide bonds. The van der Waals surface area contributed by atoms with E-state index >= 15 is 0 Å². The molecule has 1 saturated heterocycles. The van der Waals surface area contributed by atoms with Crippen molar-refractivity contribution < 1.29 is 57.3 Å². The average Bonchev–Trinajstić information content (AvgIpc) is 4.27. The lowest BCUT2D eigenvalue weighted by Gasteiger charge is -2.23. The number of hydrogen-bond acceptors (Lipinski definition) is 15. The minimum atomic E-state index is -1.06. The van der Waals surface area contributed by atoms with Crippen LogP contribution in [0.25, 0.3) is 0 Å². The molecule has 0 aliphatic carbocycles. The Bertz CT molecular complexity index is 3240. The number of amides is 8. The zero-order chi connectivity index (χ0) is 58.5. The predicted octanol–water partition coefficient (Wildman–Crippen LogP) is 5.97. The highest BCUT2D eigenvalue weighted by Crippen LogP contribution is 2.43. The summed E-state index contributed by atoms with van der Waals surface area (Å²) < 4.78 is 24.5. The van der Waals surface area contributed by atoms with E-state index in [1.165, 1.54) is 44.7 Å². The number of methoxy groups -OCH3 is 2. The third-order valence-corrected chi connectivity index (χ3v) is 16.5. The molecule has 1 unspecified atom stereocenters. The molecule has 83 heavy (non-hydrogen) atoms. The van der Waals surface area contributed by atoms with Gasteiger partial charge in [-0.2, -0.15) is 11.8 Å². The first kappa shape index (κ1) is 57.4. The van der Waals surface area contributed by atoms with Crippen molar-refractivity contribution in [2.24, 2.45) is 0 Å². The van der Waals surface area contributed by atoms with E-state index in [0.717, 1.165) is 35.3 Å². The summed E-state index contributed by atoms with van der Waals surface area (Å²) in [6.07, 6.45) is 4.32. The third-order valence-electron chi connectivity index (χ3n) is 15.5. The van der Waals surface area contributed by atoms with Gasteiger partial charge in [-0.25, -0.2) is 0 Å². The number of carbonyl (C=O) groups is 8. The van der Waals surface area contributed by atoms with Gasteiger partial charge in [-0.3, -0.25) is 43.3 Å². The van der Waals surface area contributed by atoms with Crippen LogP contribution in [0.5, 0.6) is 23.0 Å². The van der Waals surface area contributed by atoms with Crippen molar-refractivity contribution in [1.82, 2.24) is 20.9 Å². The maximum absolute atomic E-state index is 14.2. The summed E-state index contributed by atoms with van der Waals surface area (Å²) in [6, 6.07) is 25.8. The second-order valence-electron chi connectivity index (χ2n) is 21.2. The van der Waals surface area contributed by atoms with Crippen LogP contribution in [0.2, 0.25) is 0 Å². The first-order valence-electron chi connectivity index (χ1n) is 27.8. The summed E-state index contributed by atoms with van der Waals surface area (Å²) in [5.41, 5.74) is 7.68. The Labute approximate surface area is 484 Å². The Kier molecular flexibility index (Phi) is 17.4. The first-order valence-corrected chi connectivity index (χ1v) is 29.1. The molecule has 5 aromatic rings. The smallest absolute Gasteiger partial charge is 0.260 e. The number of likely N-dealkylation sites (tertiary alicyclic amines) is 1. The lowest BCUT2D eigenvalue weighted by atomic mass is 10.1. The van der Waals surface area contributed by atoms with Gasteiger partial charge in [-0.15, -0.1) is 0 Å². The zero-order valence-corrected chi connectivity index (χ0v) is 47.7. The van der Waals surface area contributed by atoms with Crippen LogP contribution in [-0.2, 0) is 54.8 Å². The molecule has 5 atom stereocenters. The molecule has 0 radical (unpaired) electrons. The SMILES string of the molecule is COc1cc2c(cc1OCc1cc(COc3cc4c(cc3OC)C(=O)N3c5ccccc5C[C@H]3CN4)cc(NC(=O)[C@H](C)NC(=O)[C@H](C)NC(=O)CCCCC(=O)NCCN3C(=O)CC(SC)C3=O)c1)NC[C@@H]1Cc3ccccc3N1C2=O. The standard InChI is InChI=1S/C61H67N9O12S/c1-34(65-55(72)17-11-10-16-54(71)62-18-19-68-56(73)29-53(83-5)61(68)78)57(74)66-35(2)58(75)67-40-21-36(32-81-51-27-45-43(25-49(51)79-3)59(76)69-41(30-63-45)23-38-12-6-8-14-47(38)69)20-37(22-40)33-82-52-28-46-44(26-50(52)80-4)60(77)70-42(31-64-46)24-39-13-7-9-15-48(39)70/h6-9,12-15,20-22,25-28,34-35,41-42,53,63-64H,10-11,16-19,23-24,29-33H2,1-5H3,(H,62,71)(H,65,72)(H,66,74)(H,67,75)/t34-,35-,41-,42-,53?/m0/s1. The molecule has 10 rings (SSSR count). The second-order valence-corrected chi connectivity index (χ2v) is 22.2. The molecule has 0 spiro atoms. The number of imide groups is 1. The molecule has 5 aliphatic rings. The number of ether oxygens (including phenoxy) is 4. The number of para-hydroxylation sites is 2. The van der Waals surface area contributed by atoms with Crippen molar-refractivity contribution in [2.45, 2.75) is 101 Å². The summed E-state index contributed by atoms with van der Waals surface area (Å²) in [5, 5.41) is 17.5. The quantitative estimate of drug-likeness (QED) is 0.0345. The molecule has 21 nitrogen and oxygen atoms in total. The molecular weight excluding hydrogens is 1080 g/mol. The van der Waals surface area contributed by atoms with E-state index in [1.807, 2.05) is 64.4 Å². The average molecular weight is 1150 g/mol. The molecule has 0 saturated carbocycles. The fourth-order valence-electron chi connectivity index (χ4n) is 11.2. The molecule has 6 N–H and O–H groups in total. The van der Waals surface area contributed by atoms with Gasteiger partial charge < -0.3 is 60.6 Å². The third kappa shape index (κ3) is 12.5. The van der Waals surface area contributed by atoms with Crippen LogP contribution in [-0.4, -0.2) is 128 Å². The van der Waals surface area contributed by atoms with Gasteiger partial charge in [0, 0.05) is 74.6 Å². The van der Waals surface area contributed by atoms with Gasteiger partial charge in [0.2, 0.25) is 35.4 Å². The molecule has 0 aromatic heterocycles. The van der Waals surface area contributed by atoms with Gasteiger partial charge in [0.1, 0.15) is 25.3 Å². The summed E-state index contributed by atoms with van der Waals surface area (Å²) in [7, 11) is 3.01. The Balaban J connectivity index is 0.790. The number of benzene rings is 5. The zero-order valence-electron chi connectivity index (χ0n) is 46.9. The Morgan fingerprint density at radius 2 is 1.16 bits per heavy atom. The summed E-state index contributed by atoms with van der Waals surface area (Å²) >= 11 is 1.32. The van der Waals surface area contributed by atoms with Gasteiger partial charge in [-0.1, -0.05) is 36.4 Å². The number of anilines is 5. The van der Waals surface area contributed by atoms with Gasteiger partial charge in [0.15, 0.2) is 23.0 Å². The van der Waals surface area contributed by atoms with Crippen LogP contribution in [0.1, 0.15) is 88.9 Å². The Morgan fingerprint density at radius 3 is 1.67 bits per heavy atom. The molecular formula is C61H67N9O12S. The highest BCUT2D eigenvalue weighted by atomic mass is 32.2. The van der Waals surface area contributed by atoms with Crippen molar-refractivity contribution in [3.8, 4) is 23.0 Å². The normalized spacial score (nSPS) is 18.1. The Morgan fingerprint density at radius 1 is 0.639 bits per heavy atom.